The summed E-state index contributed by atoms with van der Waals surface area (Å²) in [7, 11) is 0. The molecule has 1 aliphatic heterocycles. The van der Waals surface area contributed by atoms with Crippen molar-refractivity contribution in [3.05, 3.63) is 112 Å². The third-order valence-corrected chi connectivity index (χ3v) is 6.75. The normalized spacial score (nSPS) is 14.1. The van der Waals surface area contributed by atoms with Crippen LogP contribution in [0.3, 0.4) is 0 Å². The van der Waals surface area contributed by atoms with Gasteiger partial charge in [-0.1, -0.05) is 66.7 Å². The summed E-state index contributed by atoms with van der Waals surface area (Å²) in [6.45, 7) is 3.22. The Morgan fingerprint density at radius 2 is 1.53 bits per heavy atom. The Labute approximate surface area is 209 Å². The van der Waals surface area contributed by atoms with Gasteiger partial charge in [-0.05, 0) is 43.0 Å². The van der Waals surface area contributed by atoms with Crippen molar-refractivity contribution in [2.45, 2.75) is 32.4 Å². The molecule has 3 aromatic carbocycles. The second-order valence-electron chi connectivity index (χ2n) is 9.20. The number of rotatable bonds is 5. The van der Waals surface area contributed by atoms with Crippen molar-refractivity contribution in [2.75, 3.05) is 13.1 Å². The van der Waals surface area contributed by atoms with Crippen LogP contribution in [-0.4, -0.2) is 45.6 Å². The molecule has 2 amide bonds. The summed E-state index contributed by atoms with van der Waals surface area (Å²) < 4.78 is 1.38. The average Bonchev–Trinajstić information content (AvgIpc) is 2.91. The molecule has 182 valence electrons. The standard InChI is InChI=1S/C29H28N4O3/c1-20-9-5-6-12-23(20)27(34)30-22-15-17-32(18-16-22)29(36)26-24-13-7-8-14-25(24)28(35)33(31-26)19-21-10-3-2-4-11-21/h2-14,22H,15-19H2,1H3,(H,30,34). The summed E-state index contributed by atoms with van der Waals surface area (Å²) in [5, 5.41) is 8.68. The lowest BCUT2D eigenvalue weighted by Crippen LogP contribution is -2.47. The van der Waals surface area contributed by atoms with Gasteiger partial charge in [0.15, 0.2) is 5.69 Å². The smallest absolute Gasteiger partial charge is 0.274 e. The fourth-order valence-corrected chi connectivity index (χ4v) is 4.72. The van der Waals surface area contributed by atoms with E-state index in [4.69, 9.17) is 0 Å². The molecule has 5 rings (SSSR count). The molecule has 1 aromatic heterocycles. The highest BCUT2D eigenvalue weighted by molar-refractivity contribution is 6.04. The molecule has 1 aliphatic rings. The molecule has 0 atom stereocenters. The predicted octanol–water partition coefficient (Wildman–Crippen LogP) is 3.79. The second-order valence-corrected chi connectivity index (χ2v) is 9.20. The van der Waals surface area contributed by atoms with Crippen LogP contribution in [0, 0.1) is 6.92 Å². The number of carbonyl (C=O) groups is 2. The summed E-state index contributed by atoms with van der Waals surface area (Å²) in [6, 6.07) is 24.3. The van der Waals surface area contributed by atoms with Gasteiger partial charge in [0, 0.05) is 30.1 Å². The number of aromatic nitrogens is 2. The average molecular weight is 481 g/mol. The van der Waals surface area contributed by atoms with Crippen LogP contribution >= 0.6 is 0 Å². The summed E-state index contributed by atoms with van der Waals surface area (Å²) in [4.78, 5) is 41.2. The summed E-state index contributed by atoms with van der Waals surface area (Å²) in [5.74, 6) is -0.282. The fourth-order valence-electron chi connectivity index (χ4n) is 4.72. The largest absolute Gasteiger partial charge is 0.349 e. The molecular formula is C29H28N4O3. The van der Waals surface area contributed by atoms with Gasteiger partial charge in [0.2, 0.25) is 0 Å². The van der Waals surface area contributed by atoms with Crippen LogP contribution in [0.2, 0.25) is 0 Å². The zero-order valence-electron chi connectivity index (χ0n) is 20.2. The third-order valence-electron chi connectivity index (χ3n) is 6.75. The summed E-state index contributed by atoms with van der Waals surface area (Å²) in [5.41, 5.74) is 2.61. The van der Waals surface area contributed by atoms with E-state index in [2.05, 4.69) is 10.4 Å². The molecule has 2 heterocycles. The van der Waals surface area contributed by atoms with Crippen LogP contribution in [0.25, 0.3) is 10.8 Å². The van der Waals surface area contributed by atoms with Gasteiger partial charge in [0.1, 0.15) is 0 Å². The van der Waals surface area contributed by atoms with E-state index in [0.717, 1.165) is 11.1 Å². The van der Waals surface area contributed by atoms with E-state index in [0.29, 0.717) is 42.3 Å². The SMILES string of the molecule is Cc1ccccc1C(=O)NC1CCN(C(=O)c2nn(Cc3ccccc3)c(=O)c3ccccc23)CC1. The Hall–Kier alpha value is -4.26. The monoisotopic (exact) mass is 480 g/mol. The number of amides is 2. The molecule has 7 heteroatoms. The Morgan fingerprint density at radius 1 is 0.889 bits per heavy atom. The van der Waals surface area contributed by atoms with E-state index in [9.17, 15) is 14.4 Å². The highest BCUT2D eigenvalue weighted by Gasteiger charge is 2.28. The van der Waals surface area contributed by atoms with Gasteiger partial charge < -0.3 is 10.2 Å². The quantitative estimate of drug-likeness (QED) is 0.471. The van der Waals surface area contributed by atoms with Gasteiger partial charge in [-0.25, -0.2) is 4.68 Å². The molecule has 0 radical (unpaired) electrons. The lowest BCUT2D eigenvalue weighted by Gasteiger charge is -2.32. The first-order valence-corrected chi connectivity index (χ1v) is 12.2. The Kier molecular flexibility index (Phi) is 6.62. The van der Waals surface area contributed by atoms with Gasteiger partial charge in [0.05, 0.1) is 11.9 Å². The van der Waals surface area contributed by atoms with Crippen molar-refractivity contribution < 1.29 is 9.59 Å². The lowest BCUT2D eigenvalue weighted by atomic mass is 10.0. The molecule has 4 aromatic rings. The first-order chi connectivity index (χ1) is 17.5. The maximum atomic E-state index is 13.6. The molecule has 0 spiro atoms. The maximum Gasteiger partial charge on any atom is 0.274 e. The van der Waals surface area contributed by atoms with E-state index in [1.807, 2.05) is 67.6 Å². The lowest BCUT2D eigenvalue weighted by molar-refractivity contribution is 0.0692. The second kappa shape index (κ2) is 10.2. The number of hydrogen-bond donors (Lipinski definition) is 1. The van der Waals surface area contributed by atoms with Gasteiger partial charge in [-0.15, -0.1) is 0 Å². The van der Waals surface area contributed by atoms with Crippen molar-refractivity contribution in [3.8, 4) is 0 Å². The van der Waals surface area contributed by atoms with E-state index in [1.165, 1.54) is 4.68 Å². The van der Waals surface area contributed by atoms with Gasteiger partial charge in [0.25, 0.3) is 17.4 Å². The number of benzene rings is 3. The van der Waals surface area contributed by atoms with Crippen molar-refractivity contribution in [1.82, 2.24) is 20.0 Å². The van der Waals surface area contributed by atoms with E-state index >= 15 is 0 Å². The van der Waals surface area contributed by atoms with Crippen molar-refractivity contribution in [2.24, 2.45) is 0 Å². The van der Waals surface area contributed by atoms with E-state index in [1.54, 1.807) is 23.1 Å². The van der Waals surface area contributed by atoms with Crippen molar-refractivity contribution >= 4 is 22.6 Å². The van der Waals surface area contributed by atoms with Crippen LogP contribution in [0.1, 0.15) is 44.8 Å². The molecule has 36 heavy (non-hydrogen) atoms. The van der Waals surface area contributed by atoms with Crippen LogP contribution in [-0.2, 0) is 6.54 Å². The van der Waals surface area contributed by atoms with Gasteiger partial charge >= 0.3 is 0 Å². The third kappa shape index (κ3) is 4.77. The number of piperidine rings is 1. The minimum atomic E-state index is -0.219. The molecule has 0 aliphatic carbocycles. The van der Waals surface area contributed by atoms with Crippen LogP contribution in [0.4, 0.5) is 0 Å². The summed E-state index contributed by atoms with van der Waals surface area (Å²) >= 11 is 0. The van der Waals surface area contributed by atoms with Crippen LogP contribution in [0.15, 0.2) is 83.7 Å². The minimum absolute atomic E-state index is 0.00195. The number of nitrogens with zero attached hydrogens (tertiary/aromatic N) is 3. The highest BCUT2D eigenvalue weighted by Crippen LogP contribution is 2.19. The number of likely N-dealkylation sites (tertiary alicyclic amines) is 1. The molecule has 1 saturated heterocycles. The van der Waals surface area contributed by atoms with Gasteiger partial charge in [-0.3, -0.25) is 14.4 Å². The highest BCUT2D eigenvalue weighted by atomic mass is 16.2. The fraction of sp³-hybridized carbons (Fsp3) is 0.241. The molecule has 0 bridgehead atoms. The van der Waals surface area contributed by atoms with Crippen molar-refractivity contribution in [3.63, 3.8) is 0 Å². The zero-order valence-corrected chi connectivity index (χ0v) is 20.2. The van der Waals surface area contributed by atoms with E-state index < -0.39 is 0 Å². The Balaban J connectivity index is 1.34. The number of aryl methyl sites for hydroxylation is 1. The number of nitrogens with one attached hydrogen (secondary N) is 1. The first kappa shape index (κ1) is 23.5. The van der Waals surface area contributed by atoms with E-state index in [-0.39, 0.29) is 35.7 Å². The molecular weight excluding hydrogens is 452 g/mol. The topological polar surface area (TPSA) is 84.3 Å². The van der Waals surface area contributed by atoms with Crippen LogP contribution in [0.5, 0.6) is 0 Å². The molecule has 1 fully saturated rings. The van der Waals surface area contributed by atoms with Crippen molar-refractivity contribution in [1.29, 1.82) is 0 Å². The van der Waals surface area contributed by atoms with Gasteiger partial charge in [-0.2, -0.15) is 5.10 Å². The number of carbonyl (C=O) groups excluding carboxylic acids is 2. The molecule has 0 unspecified atom stereocenters. The Bertz CT molecular complexity index is 1470. The maximum absolute atomic E-state index is 13.6. The minimum Gasteiger partial charge on any atom is -0.349 e. The number of fused-ring (bicyclic) bond motifs is 1. The zero-order chi connectivity index (χ0) is 25.1. The molecule has 7 nitrogen and oxygen atoms in total. The number of hydrogen-bond acceptors (Lipinski definition) is 4. The first-order valence-electron chi connectivity index (χ1n) is 12.2. The predicted molar refractivity (Wildman–Crippen MR) is 139 cm³/mol. The molecule has 0 saturated carbocycles. The summed E-state index contributed by atoms with van der Waals surface area (Å²) in [6.07, 6.45) is 1.32. The Morgan fingerprint density at radius 3 is 2.25 bits per heavy atom. The van der Waals surface area contributed by atoms with Crippen LogP contribution < -0.4 is 10.9 Å². The molecule has 1 N–H and O–H groups in total.